The van der Waals surface area contributed by atoms with Crippen LogP contribution in [0.25, 0.3) is 49.7 Å². The van der Waals surface area contributed by atoms with Gasteiger partial charge in [-0.05, 0) is 53.9 Å². The summed E-state index contributed by atoms with van der Waals surface area (Å²) < 4.78 is 2.16. The summed E-state index contributed by atoms with van der Waals surface area (Å²) in [5.74, 6) is -0.633. The number of carbonyl (C=O) groups excluding carboxylic acids is 2. The lowest BCUT2D eigenvalue weighted by atomic mass is 10.00. The van der Waals surface area contributed by atoms with Crippen molar-refractivity contribution in [3.05, 3.63) is 156 Å². The maximum Gasteiger partial charge on any atom is 0.268 e. The van der Waals surface area contributed by atoms with Gasteiger partial charge < -0.3 is 4.57 Å². The molecular weight excluding hydrogens is 528 g/mol. The number of para-hydroxylation sites is 2. The van der Waals surface area contributed by atoms with E-state index in [0.717, 1.165) is 44.1 Å². The first-order chi connectivity index (χ1) is 21.1. The van der Waals surface area contributed by atoms with Crippen LogP contribution < -0.4 is 4.90 Å². The molecule has 0 bridgehead atoms. The van der Waals surface area contributed by atoms with Gasteiger partial charge >= 0.3 is 0 Å². The van der Waals surface area contributed by atoms with E-state index in [1.807, 2.05) is 78.9 Å². The van der Waals surface area contributed by atoms with E-state index >= 15 is 0 Å². The minimum atomic E-state index is -0.320. The zero-order valence-corrected chi connectivity index (χ0v) is 23.5. The second-order valence-electron chi connectivity index (χ2n) is 11.0. The summed E-state index contributed by atoms with van der Waals surface area (Å²) in [6.07, 6.45) is 0. The fourth-order valence-corrected chi connectivity index (χ4v) is 6.46. The predicted octanol–water partition coefficient (Wildman–Crippen LogP) is 9.23. The number of aryl methyl sites for hydroxylation is 1. The van der Waals surface area contributed by atoms with Gasteiger partial charge in [0.2, 0.25) is 0 Å². The van der Waals surface area contributed by atoms with E-state index in [2.05, 4.69) is 66.1 Å². The Balaban J connectivity index is 1.36. The van der Waals surface area contributed by atoms with Gasteiger partial charge in [0.15, 0.2) is 0 Å². The molecule has 0 radical (unpaired) electrons. The first-order valence-electron chi connectivity index (χ1n) is 14.4. The van der Waals surface area contributed by atoms with Gasteiger partial charge in [0.25, 0.3) is 11.8 Å². The standard InChI is InChI=1S/C39H26N2O2/c1-25-11-7-15-28(23-25)30-18-9-19-32-31-17-5-6-21-34(31)41(37(30)32)35-22-10-20-33-36(35)39(43)40(38(33)42)29-16-8-14-27(24-29)26-12-3-2-4-13-26/h2-24H,1H3. The number of anilines is 1. The summed E-state index contributed by atoms with van der Waals surface area (Å²) in [5.41, 5.74) is 9.38. The van der Waals surface area contributed by atoms with Crippen LogP contribution in [0.3, 0.4) is 0 Å². The third-order valence-corrected chi connectivity index (χ3v) is 8.37. The highest BCUT2D eigenvalue weighted by Gasteiger charge is 2.39. The van der Waals surface area contributed by atoms with Crippen LogP contribution in [0.2, 0.25) is 0 Å². The van der Waals surface area contributed by atoms with Gasteiger partial charge in [-0.25, -0.2) is 4.90 Å². The maximum absolute atomic E-state index is 14.3. The number of hydrogen-bond acceptors (Lipinski definition) is 2. The molecule has 1 aliphatic rings. The molecule has 0 saturated heterocycles. The monoisotopic (exact) mass is 554 g/mol. The first-order valence-corrected chi connectivity index (χ1v) is 14.4. The topological polar surface area (TPSA) is 42.3 Å². The number of nitrogens with zero attached hydrogens (tertiary/aromatic N) is 2. The summed E-state index contributed by atoms with van der Waals surface area (Å²) in [4.78, 5) is 29.6. The summed E-state index contributed by atoms with van der Waals surface area (Å²) in [6, 6.07) is 46.2. The van der Waals surface area contributed by atoms with E-state index in [1.165, 1.54) is 10.5 Å². The number of hydrogen-bond donors (Lipinski definition) is 0. The number of amides is 2. The Morgan fingerprint density at radius 3 is 2.05 bits per heavy atom. The van der Waals surface area contributed by atoms with Gasteiger partial charge in [0, 0.05) is 16.3 Å². The SMILES string of the molecule is Cc1cccc(-c2cccc3c4ccccc4n(-c4cccc5c4C(=O)N(c4cccc(-c6ccccc6)c4)C5=O)c23)c1. The minimum Gasteiger partial charge on any atom is -0.308 e. The highest BCUT2D eigenvalue weighted by Crippen LogP contribution is 2.41. The zero-order valence-electron chi connectivity index (χ0n) is 23.5. The van der Waals surface area contributed by atoms with E-state index in [-0.39, 0.29) is 11.8 Å². The molecule has 4 nitrogen and oxygen atoms in total. The average molecular weight is 555 g/mol. The van der Waals surface area contributed by atoms with E-state index in [4.69, 9.17) is 0 Å². The Morgan fingerprint density at radius 2 is 1.19 bits per heavy atom. The summed E-state index contributed by atoms with van der Waals surface area (Å²) >= 11 is 0. The normalized spacial score (nSPS) is 12.8. The fourth-order valence-electron chi connectivity index (χ4n) is 6.46. The molecule has 2 amide bonds. The number of aromatic nitrogens is 1. The lowest BCUT2D eigenvalue weighted by Crippen LogP contribution is -2.29. The van der Waals surface area contributed by atoms with Crippen molar-refractivity contribution in [2.45, 2.75) is 6.92 Å². The van der Waals surface area contributed by atoms with Crippen LogP contribution in [0.15, 0.2) is 140 Å². The smallest absolute Gasteiger partial charge is 0.268 e. The number of imide groups is 1. The molecule has 0 N–H and O–H groups in total. The molecule has 8 rings (SSSR count). The van der Waals surface area contributed by atoms with Crippen LogP contribution in [0, 0.1) is 6.92 Å². The number of rotatable bonds is 4. The largest absolute Gasteiger partial charge is 0.308 e. The van der Waals surface area contributed by atoms with Crippen molar-refractivity contribution in [2.75, 3.05) is 4.90 Å². The number of carbonyl (C=O) groups is 2. The van der Waals surface area contributed by atoms with Crippen LogP contribution >= 0.6 is 0 Å². The Morgan fingerprint density at radius 1 is 0.512 bits per heavy atom. The lowest BCUT2D eigenvalue weighted by molar-refractivity contribution is 0.0926. The number of fused-ring (bicyclic) bond motifs is 4. The summed E-state index contributed by atoms with van der Waals surface area (Å²) in [7, 11) is 0. The molecule has 0 aliphatic carbocycles. The van der Waals surface area contributed by atoms with Crippen LogP contribution in [-0.4, -0.2) is 16.4 Å². The highest BCUT2D eigenvalue weighted by molar-refractivity contribution is 6.36. The van der Waals surface area contributed by atoms with Crippen LogP contribution in [0.4, 0.5) is 5.69 Å². The molecular formula is C39H26N2O2. The number of benzene rings is 6. The molecule has 4 heteroatoms. The molecule has 7 aromatic rings. The molecule has 0 spiro atoms. The van der Waals surface area contributed by atoms with Gasteiger partial charge in [0.1, 0.15) is 0 Å². The highest BCUT2D eigenvalue weighted by atomic mass is 16.2. The van der Waals surface area contributed by atoms with Crippen LogP contribution in [0.1, 0.15) is 26.3 Å². The molecule has 204 valence electrons. The Kier molecular flexibility index (Phi) is 5.63. The molecule has 0 fully saturated rings. The Hall–Kier alpha value is -5.74. The van der Waals surface area contributed by atoms with Gasteiger partial charge in [-0.1, -0.05) is 115 Å². The van der Waals surface area contributed by atoms with Crippen molar-refractivity contribution < 1.29 is 9.59 Å². The lowest BCUT2D eigenvalue weighted by Gasteiger charge is -2.16. The second-order valence-corrected chi connectivity index (χ2v) is 11.0. The third kappa shape index (κ3) is 3.84. The maximum atomic E-state index is 14.3. The molecule has 1 aromatic heterocycles. The van der Waals surface area contributed by atoms with Crippen molar-refractivity contribution in [3.8, 4) is 27.9 Å². The van der Waals surface area contributed by atoms with Crippen LogP contribution in [0.5, 0.6) is 0 Å². The van der Waals surface area contributed by atoms with E-state index < -0.39 is 0 Å². The molecule has 1 aliphatic heterocycles. The molecule has 0 saturated carbocycles. The van der Waals surface area contributed by atoms with Gasteiger partial charge in [-0.3, -0.25) is 9.59 Å². The van der Waals surface area contributed by atoms with Crippen molar-refractivity contribution in [2.24, 2.45) is 0 Å². The molecule has 6 aromatic carbocycles. The van der Waals surface area contributed by atoms with E-state index in [0.29, 0.717) is 22.5 Å². The van der Waals surface area contributed by atoms with E-state index in [1.54, 1.807) is 6.07 Å². The summed E-state index contributed by atoms with van der Waals surface area (Å²) in [6.45, 7) is 2.09. The van der Waals surface area contributed by atoms with Gasteiger partial charge in [-0.15, -0.1) is 0 Å². The Labute approximate surface area is 249 Å². The van der Waals surface area contributed by atoms with Gasteiger partial charge in [-0.2, -0.15) is 0 Å². The Bertz CT molecular complexity index is 2240. The first kappa shape index (κ1) is 25.0. The second kappa shape index (κ2) is 9.68. The molecule has 0 unspecified atom stereocenters. The van der Waals surface area contributed by atoms with E-state index in [9.17, 15) is 9.59 Å². The average Bonchev–Trinajstić information content (AvgIpc) is 3.52. The zero-order chi connectivity index (χ0) is 29.1. The van der Waals surface area contributed by atoms with Gasteiger partial charge in [0.05, 0.1) is 33.5 Å². The molecule has 2 heterocycles. The summed E-state index contributed by atoms with van der Waals surface area (Å²) in [5, 5.41) is 2.19. The predicted molar refractivity (Wildman–Crippen MR) is 174 cm³/mol. The van der Waals surface area contributed by atoms with Crippen molar-refractivity contribution >= 4 is 39.3 Å². The van der Waals surface area contributed by atoms with Crippen molar-refractivity contribution in [3.63, 3.8) is 0 Å². The molecule has 0 atom stereocenters. The van der Waals surface area contributed by atoms with Crippen LogP contribution in [-0.2, 0) is 0 Å². The van der Waals surface area contributed by atoms with Crippen molar-refractivity contribution in [1.29, 1.82) is 0 Å². The van der Waals surface area contributed by atoms with Crippen molar-refractivity contribution in [1.82, 2.24) is 4.57 Å². The molecule has 43 heavy (non-hydrogen) atoms. The third-order valence-electron chi connectivity index (χ3n) is 8.37. The fraction of sp³-hybridized carbons (Fsp3) is 0.0256. The minimum absolute atomic E-state index is 0.313. The quantitative estimate of drug-likeness (QED) is 0.204.